The van der Waals surface area contributed by atoms with Crippen molar-refractivity contribution >= 4 is 15.9 Å². The van der Waals surface area contributed by atoms with Gasteiger partial charge in [0.2, 0.25) is 0 Å². The van der Waals surface area contributed by atoms with Crippen molar-refractivity contribution < 1.29 is 13.5 Å². The Bertz CT molecular complexity index is 652. The van der Waals surface area contributed by atoms with Gasteiger partial charge in [-0.05, 0) is 71.8 Å². The Kier molecular flexibility index (Phi) is 5.38. The number of benzene rings is 1. The summed E-state index contributed by atoms with van der Waals surface area (Å²) >= 11 is 3.45. The average molecular weight is 382 g/mol. The van der Waals surface area contributed by atoms with E-state index in [1.54, 1.807) is 6.20 Å². The number of hydrogen-bond acceptors (Lipinski definition) is 2. The van der Waals surface area contributed by atoms with Gasteiger partial charge < -0.3 is 4.74 Å². The maximum Gasteiger partial charge on any atom is 0.129 e. The second-order valence-electron chi connectivity index (χ2n) is 5.85. The van der Waals surface area contributed by atoms with Crippen LogP contribution in [0.25, 0.3) is 0 Å². The van der Waals surface area contributed by atoms with E-state index in [1.807, 2.05) is 12.1 Å². The number of halogens is 3. The van der Waals surface area contributed by atoms with Crippen molar-refractivity contribution in [2.24, 2.45) is 0 Å². The molecule has 0 spiro atoms. The first-order chi connectivity index (χ1) is 11.1. The highest BCUT2D eigenvalue weighted by Crippen LogP contribution is 2.36. The summed E-state index contributed by atoms with van der Waals surface area (Å²) in [5, 5.41) is 0. The number of pyridine rings is 1. The van der Waals surface area contributed by atoms with Crippen molar-refractivity contribution in [2.75, 3.05) is 0 Å². The maximum absolute atomic E-state index is 13.9. The molecule has 3 rings (SSSR count). The van der Waals surface area contributed by atoms with Crippen molar-refractivity contribution in [1.82, 2.24) is 4.98 Å². The van der Waals surface area contributed by atoms with Crippen LogP contribution in [0.1, 0.15) is 42.9 Å². The Morgan fingerprint density at radius 1 is 1.04 bits per heavy atom. The number of aromatic nitrogens is 1. The summed E-state index contributed by atoms with van der Waals surface area (Å²) < 4.78 is 34.6. The molecule has 0 amide bonds. The molecular formula is C18H18BrF2NO. The van der Waals surface area contributed by atoms with E-state index in [-0.39, 0.29) is 17.6 Å². The van der Waals surface area contributed by atoms with Crippen LogP contribution in [0.15, 0.2) is 41.0 Å². The standard InChI is InChI=1S/C18H18BrF2NO/c19-14-3-2-10-22-17(14)11-23-13-8-6-12(7-9-13)18-15(20)4-1-5-16(18)21/h1-5,10,12-13H,6-9,11H2/t12-,13+. The van der Waals surface area contributed by atoms with Crippen LogP contribution in [0.4, 0.5) is 8.78 Å². The van der Waals surface area contributed by atoms with E-state index in [2.05, 4.69) is 20.9 Å². The van der Waals surface area contributed by atoms with Crippen molar-refractivity contribution in [3.63, 3.8) is 0 Å². The minimum atomic E-state index is -0.438. The van der Waals surface area contributed by atoms with E-state index in [0.29, 0.717) is 6.61 Å². The van der Waals surface area contributed by atoms with Gasteiger partial charge in [-0.1, -0.05) is 6.07 Å². The molecule has 2 aromatic rings. The predicted octanol–water partition coefficient (Wildman–Crippen LogP) is 5.37. The lowest BCUT2D eigenvalue weighted by Crippen LogP contribution is -2.22. The summed E-state index contributed by atoms with van der Waals surface area (Å²) in [5.41, 5.74) is 1.10. The van der Waals surface area contributed by atoms with Gasteiger partial charge in [-0.25, -0.2) is 8.78 Å². The largest absolute Gasteiger partial charge is 0.372 e. The molecule has 122 valence electrons. The fraction of sp³-hybridized carbons (Fsp3) is 0.389. The first-order valence-corrected chi connectivity index (χ1v) is 8.59. The summed E-state index contributed by atoms with van der Waals surface area (Å²) in [7, 11) is 0. The summed E-state index contributed by atoms with van der Waals surface area (Å²) in [6.07, 6.45) is 4.96. The van der Waals surface area contributed by atoms with Gasteiger partial charge >= 0.3 is 0 Å². The molecule has 0 unspecified atom stereocenters. The topological polar surface area (TPSA) is 22.1 Å². The molecular weight excluding hydrogens is 364 g/mol. The molecule has 23 heavy (non-hydrogen) atoms. The molecule has 1 aliphatic carbocycles. The second-order valence-corrected chi connectivity index (χ2v) is 6.71. The van der Waals surface area contributed by atoms with Crippen LogP contribution in [0.3, 0.4) is 0 Å². The van der Waals surface area contributed by atoms with Crippen molar-refractivity contribution in [3.8, 4) is 0 Å². The van der Waals surface area contributed by atoms with Crippen molar-refractivity contribution in [2.45, 2.75) is 44.3 Å². The van der Waals surface area contributed by atoms with Gasteiger partial charge in [-0.2, -0.15) is 0 Å². The summed E-state index contributed by atoms with van der Waals surface area (Å²) in [6.45, 7) is 0.449. The smallest absolute Gasteiger partial charge is 0.129 e. The third kappa shape index (κ3) is 3.96. The number of nitrogens with zero attached hydrogens (tertiary/aromatic N) is 1. The molecule has 0 N–H and O–H groups in total. The Balaban J connectivity index is 1.56. The SMILES string of the molecule is Fc1cccc(F)c1[C@H]1CC[C@@H](OCc2ncccc2Br)CC1. The second kappa shape index (κ2) is 7.49. The van der Waals surface area contributed by atoms with Gasteiger partial charge in [0, 0.05) is 16.2 Å². The van der Waals surface area contributed by atoms with Crippen molar-refractivity contribution in [1.29, 1.82) is 0 Å². The molecule has 0 radical (unpaired) electrons. The van der Waals surface area contributed by atoms with Gasteiger partial charge in [-0.3, -0.25) is 4.98 Å². The van der Waals surface area contributed by atoms with E-state index >= 15 is 0 Å². The highest BCUT2D eigenvalue weighted by Gasteiger charge is 2.27. The number of rotatable bonds is 4. The van der Waals surface area contributed by atoms with E-state index in [9.17, 15) is 8.78 Å². The quantitative estimate of drug-likeness (QED) is 0.710. The van der Waals surface area contributed by atoms with Crippen LogP contribution >= 0.6 is 15.9 Å². The third-order valence-corrected chi connectivity index (χ3v) is 5.09. The normalized spacial score (nSPS) is 21.3. The zero-order valence-electron chi connectivity index (χ0n) is 12.6. The lowest BCUT2D eigenvalue weighted by Gasteiger charge is -2.29. The molecule has 2 nitrogen and oxygen atoms in total. The maximum atomic E-state index is 13.9. The lowest BCUT2D eigenvalue weighted by molar-refractivity contribution is 0.0111. The van der Waals surface area contributed by atoms with Crippen LogP contribution in [-0.2, 0) is 11.3 Å². The zero-order chi connectivity index (χ0) is 16.2. The fourth-order valence-electron chi connectivity index (χ4n) is 3.14. The molecule has 0 bridgehead atoms. The van der Waals surface area contributed by atoms with Crippen LogP contribution in [-0.4, -0.2) is 11.1 Å². The van der Waals surface area contributed by atoms with Crippen LogP contribution in [0.2, 0.25) is 0 Å². The van der Waals surface area contributed by atoms with Gasteiger partial charge in [0.25, 0.3) is 0 Å². The van der Waals surface area contributed by atoms with Gasteiger partial charge in [-0.15, -0.1) is 0 Å². The minimum absolute atomic E-state index is 0.0577. The molecule has 1 aromatic heterocycles. The first-order valence-electron chi connectivity index (χ1n) is 7.80. The van der Waals surface area contributed by atoms with Gasteiger partial charge in [0.05, 0.1) is 18.4 Å². The fourth-order valence-corrected chi connectivity index (χ4v) is 3.51. The lowest BCUT2D eigenvalue weighted by atomic mass is 9.82. The summed E-state index contributed by atoms with van der Waals surface area (Å²) in [5.74, 6) is -0.934. The number of hydrogen-bond donors (Lipinski definition) is 0. The summed E-state index contributed by atoms with van der Waals surface area (Å²) in [4.78, 5) is 4.28. The van der Waals surface area contributed by atoms with Crippen LogP contribution in [0, 0.1) is 11.6 Å². The Morgan fingerprint density at radius 2 is 1.74 bits per heavy atom. The molecule has 0 saturated heterocycles. The molecule has 1 heterocycles. The highest BCUT2D eigenvalue weighted by atomic mass is 79.9. The number of ether oxygens (including phenoxy) is 1. The van der Waals surface area contributed by atoms with E-state index < -0.39 is 11.6 Å². The van der Waals surface area contributed by atoms with Crippen LogP contribution in [0.5, 0.6) is 0 Å². The van der Waals surface area contributed by atoms with E-state index in [1.165, 1.54) is 18.2 Å². The Morgan fingerprint density at radius 3 is 2.39 bits per heavy atom. The molecule has 5 heteroatoms. The zero-order valence-corrected chi connectivity index (χ0v) is 14.2. The Hall–Kier alpha value is -1.33. The molecule has 1 aromatic carbocycles. The van der Waals surface area contributed by atoms with Crippen LogP contribution < -0.4 is 0 Å². The molecule has 0 aliphatic heterocycles. The van der Waals surface area contributed by atoms with E-state index in [0.717, 1.165) is 35.8 Å². The molecule has 0 atom stereocenters. The predicted molar refractivity (Wildman–Crippen MR) is 88.1 cm³/mol. The van der Waals surface area contributed by atoms with Crippen molar-refractivity contribution in [3.05, 3.63) is 63.9 Å². The average Bonchev–Trinajstić information content (AvgIpc) is 2.55. The highest BCUT2D eigenvalue weighted by molar-refractivity contribution is 9.10. The van der Waals surface area contributed by atoms with Gasteiger partial charge in [0.15, 0.2) is 0 Å². The monoisotopic (exact) mass is 381 g/mol. The van der Waals surface area contributed by atoms with E-state index in [4.69, 9.17) is 4.74 Å². The first kappa shape index (κ1) is 16.5. The van der Waals surface area contributed by atoms with Gasteiger partial charge in [0.1, 0.15) is 11.6 Å². The molecule has 1 aliphatic rings. The molecule has 1 saturated carbocycles. The molecule has 1 fully saturated rings. The minimum Gasteiger partial charge on any atom is -0.372 e. The Labute approximate surface area is 143 Å². The summed E-state index contributed by atoms with van der Waals surface area (Å²) in [6, 6.07) is 7.87. The third-order valence-electron chi connectivity index (χ3n) is 4.37.